The number of ether oxygens (including phenoxy) is 1. The predicted octanol–water partition coefficient (Wildman–Crippen LogP) is 3.89. The summed E-state index contributed by atoms with van der Waals surface area (Å²) in [4.78, 5) is 12.9. The second-order valence-electron chi connectivity index (χ2n) is 6.29. The van der Waals surface area contributed by atoms with Crippen molar-refractivity contribution < 1.29 is 19.7 Å². The topological polar surface area (TPSA) is 93.8 Å². The number of aromatic hydroxyl groups is 1. The molecule has 0 fully saturated rings. The van der Waals surface area contributed by atoms with Crippen LogP contribution in [0, 0.1) is 11.3 Å². The van der Waals surface area contributed by atoms with E-state index < -0.39 is 5.97 Å². The van der Waals surface area contributed by atoms with Crippen molar-refractivity contribution in [1.82, 2.24) is 0 Å². The van der Waals surface area contributed by atoms with Crippen LogP contribution in [0.4, 0.5) is 5.69 Å². The molecule has 0 radical (unpaired) electrons. The molecule has 0 spiro atoms. The van der Waals surface area contributed by atoms with E-state index in [1.54, 1.807) is 12.3 Å². The van der Waals surface area contributed by atoms with Gasteiger partial charge in [0.1, 0.15) is 17.1 Å². The SMILES string of the molecule is CCCOc1ccccc1C1CN(c2ccc(C(=O)O)c(O)c2)C=C1C#N. The van der Waals surface area contributed by atoms with Crippen molar-refractivity contribution >= 4 is 11.7 Å². The lowest BCUT2D eigenvalue weighted by Crippen LogP contribution is -2.17. The molecule has 2 N–H and O–H groups in total. The predicted molar refractivity (Wildman–Crippen MR) is 101 cm³/mol. The van der Waals surface area contributed by atoms with Gasteiger partial charge in [0.25, 0.3) is 0 Å². The van der Waals surface area contributed by atoms with Gasteiger partial charge in [-0.3, -0.25) is 0 Å². The maximum Gasteiger partial charge on any atom is 0.339 e. The van der Waals surface area contributed by atoms with Gasteiger partial charge in [-0.2, -0.15) is 5.26 Å². The molecule has 0 amide bonds. The Labute approximate surface area is 157 Å². The van der Waals surface area contributed by atoms with Crippen molar-refractivity contribution in [3.05, 3.63) is 65.4 Å². The van der Waals surface area contributed by atoms with Crippen LogP contribution in [0.15, 0.2) is 54.2 Å². The summed E-state index contributed by atoms with van der Waals surface area (Å²) in [7, 11) is 0. The van der Waals surface area contributed by atoms with Crippen LogP contribution in [0.1, 0.15) is 35.2 Å². The molecule has 1 aliphatic heterocycles. The lowest BCUT2D eigenvalue weighted by molar-refractivity contribution is 0.0694. The Hall–Kier alpha value is -3.46. The van der Waals surface area contributed by atoms with E-state index in [-0.39, 0.29) is 17.2 Å². The highest BCUT2D eigenvalue weighted by Crippen LogP contribution is 2.39. The number of benzene rings is 2. The number of hydrogen-bond donors (Lipinski definition) is 2. The fourth-order valence-corrected chi connectivity index (χ4v) is 3.15. The molecular formula is C21H20N2O4. The summed E-state index contributed by atoms with van der Waals surface area (Å²) in [5.41, 5.74) is 1.99. The highest BCUT2D eigenvalue weighted by molar-refractivity contribution is 5.91. The Balaban J connectivity index is 1.91. The quantitative estimate of drug-likeness (QED) is 0.808. The van der Waals surface area contributed by atoms with Crippen LogP contribution in [-0.2, 0) is 0 Å². The summed E-state index contributed by atoms with van der Waals surface area (Å²) < 4.78 is 5.83. The molecule has 0 bridgehead atoms. The molecule has 6 nitrogen and oxygen atoms in total. The van der Waals surface area contributed by atoms with Gasteiger partial charge in [-0.25, -0.2) is 4.79 Å². The first kappa shape index (κ1) is 18.3. The lowest BCUT2D eigenvalue weighted by Gasteiger charge is -2.20. The van der Waals surface area contributed by atoms with Crippen LogP contribution in [0.3, 0.4) is 0 Å². The van der Waals surface area contributed by atoms with E-state index in [4.69, 9.17) is 9.84 Å². The first-order chi connectivity index (χ1) is 13.0. The summed E-state index contributed by atoms with van der Waals surface area (Å²) in [5, 5.41) is 28.6. The van der Waals surface area contributed by atoms with Crippen LogP contribution in [0.25, 0.3) is 0 Å². The molecule has 27 heavy (non-hydrogen) atoms. The number of anilines is 1. The minimum absolute atomic E-state index is 0.155. The smallest absolute Gasteiger partial charge is 0.339 e. The summed E-state index contributed by atoms with van der Waals surface area (Å²) in [6.45, 7) is 3.14. The van der Waals surface area contributed by atoms with Gasteiger partial charge in [0, 0.05) is 36.0 Å². The van der Waals surface area contributed by atoms with Gasteiger partial charge >= 0.3 is 5.97 Å². The van der Waals surface area contributed by atoms with Gasteiger partial charge in [-0.1, -0.05) is 25.1 Å². The monoisotopic (exact) mass is 364 g/mol. The van der Waals surface area contributed by atoms with Gasteiger partial charge in [-0.15, -0.1) is 0 Å². The van der Waals surface area contributed by atoms with Crippen LogP contribution < -0.4 is 9.64 Å². The van der Waals surface area contributed by atoms with E-state index in [0.29, 0.717) is 24.4 Å². The van der Waals surface area contributed by atoms with Gasteiger partial charge in [0.2, 0.25) is 0 Å². The van der Waals surface area contributed by atoms with Crippen LogP contribution in [0.5, 0.6) is 11.5 Å². The Morgan fingerprint density at radius 2 is 2.11 bits per heavy atom. The molecular weight excluding hydrogens is 344 g/mol. The van der Waals surface area contributed by atoms with E-state index in [1.807, 2.05) is 36.1 Å². The van der Waals surface area contributed by atoms with E-state index >= 15 is 0 Å². The highest BCUT2D eigenvalue weighted by Gasteiger charge is 2.29. The van der Waals surface area contributed by atoms with E-state index in [9.17, 15) is 15.2 Å². The number of carboxylic acid groups (broad SMARTS) is 1. The molecule has 1 aliphatic rings. The van der Waals surface area contributed by atoms with Crippen molar-refractivity contribution in [3.63, 3.8) is 0 Å². The van der Waals surface area contributed by atoms with Gasteiger partial charge in [0.15, 0.2) is 0 Å². The van der Waals surface area contributed by atoms with Crippen LogP contribution >= 0.6 is 0 Å². The summed E-state index contributed by atoms with van der Waals surface area (Å²) >= 11 is 0. The van der Waals surface area contributed by atoms with Crippen molar-refractivity contribution in [2.45, 2.75) is 19.3 Å². The lowest BCUT2D eigenvalue weighted by atomic mass is 9.93. The Kier molecular flexibility index (Phi) is 5.32. The molecule has 0 saturated carbocycles. The first-order valence-electron chi connectivity index (χ1n) is 8.71. The van der Waals surface area contributed by atoms with E-state index in [1.165, 1.54) is 12.1 Å². The minimum atomic E-state index is -1.19. The Morgan fingerprint density at radius 1 is 1.33 bits per heavy atom. The summed E-state index contributed by atoms with van der Waals surface area (Å²) in [5.74, 6) is -0.892. The van der Waals surface area contributed by atoms with Gasteiger partial charge < -0.3 is 19.8 Å². The molecule has 138 valence electrons. The largest absolute Gasteiger partial charge is 0.507 e. The fourth-order valence-electron chi connectivity index (χ4n) is 3.15. The van der Waals surface area contributed by atoms with Crippen LogP contribution in [-0.4, -0.2) is 29.3 Å². The van der Waals surface area contributed by atoms with Gasteiger partial charge in [-0.05, 0) is 24.6 Å². The van der Waals surface area contributed by atoms with Gasteiger partial charge in [0.05, 0.1) is 18.2 Å². The number of nitrogens with zero attached hydrogens (tertiary/aromatic N) is 2. The average molecular weight is 364 g/mol. The molecule has 0 saturated heterocycles. The second kappa shape index (κ2) is 7.83. The average Bonchev–Trinajstić information content (AvgIpc) is 3.10. The summed E-state index contributed by atoms with van der Waals surface area (Å²) in [6.07, 6.45) is 2.62. The molecule has 0 aliphatic carbocycles. The zero-order valence-electron chi connectivity index (χ0n) is 14.9. The van der Waals surface area contributed by atoms with Crippen molar-refractivity contribution in [2.75, 3.05) is 18.1 Å². The van der Waals surface area contributed by atoms with E-state index in [0.717, 1.165) is 17.7 Å². The first-order valence-corrected chi connectivity index (χ1v) is 8.71. The number of para-hydroxylation sites is 1. The number of aromatic carboxylic acids is 1. The third kappa shape index (κ3) is 3.72. The maximum atomic E-state index is 11.1. The Morgan fingerprint density at radius 3 is 2.78 bits per heavy atom. The number of phenols is 1. The molecule has 0 aromatic heterocycles. The number of carboxylic acids is 1. The van der Waals surface area contributed by atoms with Crippen LogP contribution in [0.2, 0.25) is 0 Å². The molecule has 2 aromatic rings. The molecule has 6 heteroatoms. The zero-order chi connectivity index (χ0) is 19.4. The number of carbonyl (C=O) groups is 1. The van der Waals surface area contributed by atoms with E-state index in [2.05, 4.69) is 6.07 Å². The summed E-state index contributed by atoms with van der Waals surface area (Å²) in [6, 6.07) is 14.3. The minimum Gasteiger partial charge on any atom is -0.507 e. The highest BCUT2D eigenvalue weighted by atomic mass is 16.5. The molecule has 1 atom stereocenters. The third-order valence-electron chi connectivity index (χ3n) is 4.48. The van der Waals surface area contributed by atoms with Crippen molar-refractivity contribution in [1.29, 1.82) is 5.26 Å². The zero-order valence-corrected chi connectivity index (χ0v) is 14.9. The third-order valence-corrected chi connectivity index (χ3v) is 4.48. The number of rotatable bonds is 6. The second-order valence-corrected chi connectivity index (χ2v) is 6.29. The normalized spacial score (nSPS) is 15.9. The number of nitriles is 1. The van der Waals surface area contributed by atoms with Crippen molar-refractivity contribution in [3.8, 4) is 17.6 Å². The fraction of sp³-hybridized carbons (Fsp3) is 0.238. The molecule has 1 heterocycles. The molecule has 3 rings (SSSR count). The van der Waals surface area contributed by atoms with Crippen molar-refractivity contribution in [2.24, 2.45) is 0 Å². The molecule has 1 unspecified atom stereocenters. The molecule has 2 aromatic carbocycles. The number of hydrogen-bond acceptors (Lipinski definition) is 5. The Bertz CT molecular complexity index is 930. The standard InChI is InChI=1S/C21H20N2O4/c1-2-9-27-20-6-4-3-5-16(20)18-13-23(12-14(18)11-22)15-7-8-17(21(25)26)19(24)10-15/h3-8,10,12,18,24H,2,9,13H2,1H3,(H,25,26). The maximum absolute atomic E-state index is 11.1.